The molecule has 0 N–H and O–H groups in total. The molecule has 1 saturated heterocycles. The number of carbonyl (C=O) groups is 1. The lowest BCUT2D eigenvalue weighted by molar-refractivity contribution is -0.118. The molecular weight excluding hydrogens is 456 g/mol. The van der Waals surface area contributed by atoms with Crippen molar-refractivity contribution in [2.45, 2.75) is 50.5 Å². The normalized spacial score (nSPS) is 16.5. The lowest BCUT2D eigenvalue weighted by Crippen LogP contribution is -2.30. The first-order valence-corrected chi connectivity index (χ1v) is 13.3. The maximum Gasteiger partial charge on any atom is 0.228 e. The molecule has 1 unspecified atom stereocenters. The third kappa shape index (κ3) is 7.38. The number of benzene rings is 2. The van der Waals surface area contributed by atoms with Crippen LogP contribution in [-0.2, 0) is 4.79 Å². The minimum atomic E-state index is 0.122. The Hall–Kier alpha value is -2.22. The van der Waals surface area contributed by atoms with Crippen LogP contribution < -0.4 is 14.5 Å². The van der Waals surface area contributed by atoms with Crippen molar-refractivity contribution in [2.75, 3.05) is 64.7 Å². The van der Waals surface area contributed by atoms with Crippen molar-refractivity contribution in [3.05, 3.63) is 47.5 Å². The van der Waals surface area contributed by atoms with E-state index in [-0.39, 0.29) is 5.91 Å². The van der Waals surface area contributed by atoms with Crippen LogP contribution in [0.3, 0.4) is 0 Å². The predicted octanol–water partition coefficient (Wildman–Crippen LogP) is 5.22. The summed E-state index contributed by atoms with van der Waals surface area (Å²) in [5.41, 5.74) is 4.56. The highest BCUT2D eigenvalue weighted by atomic mass is 32.2. The standard InChI is InChI=1S/C28H42N4O2S/c1-21-19-26(34-7)20-22(2)28(21)35-30(5)17-15-27(33)31(6)24-10-12-25(13-11-24)32-16-8-9-23(14-18-32)29(3)4/h10-13,19-20,23H,8-9,14-18H2,1-7H3. The van der Waals surface area contributed by atoms with E-state index < -0.39 is 0 Å². The molecule has 7 heteroatoms. The lowest BCUT2D eigenvalue weighted by atomic mass is 10.1. The Balaban J connectivity index is 1.52. The van der Waals surface area contributed by atoms with E-state index in [1.54, 1.807) is 24.0 Å². The summed E-state index contributed by atoms with van der Waals surface area (Å²) < 4.78 is 7.50. The number of rotatable bonds is 9. The molecule has 3 rings (SSSR count). The van der Waals surface area contributed by atoms with Crippen LogP contribution in [0, 0.1) is 13.8 Å². The molecule has 0 radical (unpaired) electrons. The largest absolute Gasteiger partial charge is 0.497 e. The van der Waals surface area contributed by atoms with Gasteiger partial charge in [-0.3, -0.25) is 4.79 Å². The van der Waals surface area contributed by atoms with Crippen molar-refractivity contribution < 1.29 is 9.53 Å². The van der Waals surface area contributed by atoms with Crippen molar-refractivity contribution >= 4 is 29.2 Å². The first kappa shape index (κ1) is 27.4. The van der Waals surface area contributed by atoms with Gasteiger partial charge in [-0.2, -0.15) is 0 Å². The number of methoxy groups -OCH3 is 1. The van der Waals surface area contributed by atoms with Crippen LogP contribution in [0.15, 0.2) is 41.3 Å². The first-order valence-electron chi connectivity index (χ1n) is 12.5. The molecule has 2 aromatic carbocycles. The van der Waals surface area contributed by atoms with Crippen molar-refractivity contribution in [1.82, 2.24) is 9.21 Å². The number of aryl methyl sites for hydroxylation is 2. The van der Waals surface area contributed by atoms with Gasteiger partial charge in [0.05, 0.1) is 7.11 Å². The third-order valence-electron chi connectivity index (χ3n) is 6.96. The van der Waals surface area contributed by atoms with Crippen LogP contribution in [0.4, 0.5) is 11.4 Å². The van der Waals surface area contributed by atoms with Gasteiger partial charge in [0.1, 0.15) is 5.75 Å². The Bertz CT molecular complexity index is 956. The van der Waals surface area contributed by atoms with Crippen molar-refractivity contribution in [2.24, 2.45) is 0 Å². The van der Waals surface area contributed by atoms with E-state index in [9.17, 15) is 4.79 Å². The Labute approximate surface area is 216 Å². The number of amides is 1. The Morgan fingerprint density at radius 1 is 1.03 bits per heavy atom. The molecule has 0 aromatic heterocycles. The van der Waals surface area contributed by atoms with Crippen molar-refractivity contribution in [3.63, 3.8) is 0 Å². The maximum absolute atomic E-state index is 12.9. The highest BCUT2D eigenvalue weighted by Gasteiger charge is 2.19. The number of carbonyl (C=O) groups excluding carboxylic acids is 1. The van der Waals surface area contributed by atoms with Gasteiger partial charge in [-0.15, -0.1) is 0 Å². The third-order valence-corrected chi connectivity index (χ3v) is 8.28. The first-order chi connectivity index (χ1) is 16.7. The molecule has 0 spiro atoms. The molecule has 192 valence electrons. The minimum Gasteiger partial charge on any atom is -0.497 e. The van der Waals surface area contributed by atoms with E-state index in [1.807, 2.05) is 14.1 Å². The summed E-state index contributed by atoms with van der Waals surface area (Å²) in [6.45, 7) is 7.04. The van der Waals surface area contributed by atoms with Gasteiger partial charge in [0.2, 0.25) is 5.91 Å². The van der Waals surface area contributed by atoms with Gasteiger partial charge in [0, 0.05) is 55.4 Å². The maximum atomic E-state index is 12.9. The number of hydrogen-bond acceptors (Lipinski definition) is 6. The molecule has 0 aliphatic carbocycles. The van der Waals surface area contributed by atoms with Crippen LogP contribution in [0.2, 0.25) is 0 Å². The second-order valence-electron chi connectivity index (χ2n) is 9.79. The molecule has 0 bridgehead atoms. The molecule has 2 aromatic rings. The lowest BCUT2D eigenvalue weighted by Gasteiger charge is -2.25. The highest BCUT2D eigenvalue weighted by molar-refractivity contribution is 7.97. The molecule has 1 heterocycles. The van der Waals surface area contributed by atoms with E-state index in [0.29, 0.717) is 19.0 Å². The molecule has 1 aliphatic heterocycles. The molecule has 6 nitrogen and oxygen atoms in total. The summed E-state index contributed by atoms with van der Waals surface area (Å²) in [4.78, 5) is 20.7. The van der Waals surface area contributed by atoms with E-state index >= 15 is 0 Å². The smallest absolute Gasteiger partial charge is 0.228 e. The number of hydrogen-bond donors (Lipinski definition) is 0. The average molecular weight is 499 g/mol. The summed E-state index contributed by atoms with van der Waals surface area (Å²) in [7, 11) is 9.96. The van der Waals surface area contributed by atoms with Gasteiger partial charge in [0.25, 0.3) is 0 Å². The topological polar surface area (TPSA) is 39.3 Å². The van der Waals surface area contributed by atoms with Crippen LogP contribution in [0.1, 0.15) is 36.8 Å². The summed E-state index contributed by atoms with van der Waals surface area (Å²) in [5, 5.41) is 0. The van der Waals surface area contributed by atoms with Crippen LogP contribution >= 0.6 is 11.9 Å². The highest BCUT2D eigenvalue weighted by Crippen LogP contribution is 2.32. The molecule has 1 atom stereocenters. The number of anilines is 2. The van der Waals surface area contributed by atoms with Gasteiger partial charge in [-0.25, -0.2) is 4.31 Å². The monoisotopic (exact) mass is 498 g/mol. The fourth-order valence-corrected chi connectivity index (χ4v) is 5.58. The Morgan fingerprint density at radius 2 is 1.69 bits per heavy atom. The Morgan fingerprint density at radius 3 is 2.29 bits per heavy atom. The summed E-state index contributed by atoms with van der Waals surface area (Å²) >= 11 is 1.69. The van der Waals surface area contributed by atoms with E-state index in [2.05, 4.69) is 78.4 Å². The number of nitrogens with zero attached hydrogens (tertiary/aromatic N) is 4. The van der Waals surface area contributed by atoms with Gasteiger partial charge in [0.15, 0.2) is 0 Å². The van der Waals surface area contributed by atoms with Crippen LogP contribution in [-0.4, -0.2) is 76.1 Å². The fourth-order valence-electron chi connectivity index (χ4n) is 4.68. The van der Waals surface area contributed by atoms with Crippen molar-refractivity contribution in [1.29, 1.82) is 0 Å². The predicted molar refractivity (Wildman–Crippen MR) is 149 cm³/mol. The summed E-state index contributed by atoms with van der Waals surface area (Å²) in [6.07, 6.45) is 4.12. The number of ether oxygens (including phenoxy) is 1. The fraction of sp³-hybridized carbons (Fsp3) is 0.536. The van der Waals surface area contributed by atoms with Crippen molar-refractivity contribution in [3.8, 4) is 5.75 Å². The van der Waals surface area contributed by atoms with Gasteiger partial charge in [-0.05, 0) is 114 Å². The van der Waals surface area contributed by atoms with E-state index in [1.165, 1.54) is 41.0 Å². The quantitative estimate of drug-likeness (QED) is 0.441. The van der Waals surface area contributed by atoms with Gasteiger partial charge >= 0.3 is 0 Å². The van der Waals surface area contributed by atoms with Crippen LogP contribution in [0.25, 0.3) is 0 Å². The zero-order valence-electron chi connectivity index (χ0n) is 22.5. The molecular formula is C28H42N4O2S. The molecule has 35 heavy (non-hydrogen) atoms. The van der Waals surface area contributed by atoms with Crippen LogP contribution in [0.5, 0.6) is 5.75 Å². The second kappa shape index (κ2) is 12.7. The van der Waals surface area contributed by atoms with Gasteiger partial charge in [-0.1, -0.05) is 0 Å². The minimum absolute atomic E-state index is 0.122. The second-order valence-corrected chi connectivity index (χ2v) is 11.0. The van der Waals surface area contributed by atoms with E-state index in [0.717, 1.165) is 24.5 Å². The molecule has 0 saturated carbocycles. The Kier molecular flexibility index (Phi) is 9.89. The van der Waals surface area contributed by atoms with E-state index in [4.69, 9.17) is 4.74 Å². The zero-order chi connectivity index (χ0) is 25.5. The molecule has 1 aliphatic rings. The summed E-state index contributed by atoms with van der Waals surface area (Å²) in [6, 6.07) is 13.2. The molecule has 1 amide bonds. The molecule has 1 fully saturated rings. The zero-order valence-corrected chi connectivity index (χ0v) is 23.3. The van der Waals surface area contributed by atoms with Gasteiger partial charge < -0.3 is 19.4 Å². The summed E-state index contributed by atoms with van der Waals surface area (Å²) in [5.74, 6) is 1.00. The SMILES string of the molecule is COc1cc(C)c(SN(C)CCC(=O)N(C)c2ccc(N3CCCC(N(C)C)CC3)cc2)c(C)c1. The average Bonchev–Trinajstić information content (AvgIpc) is 3.11.